The molecular formula is C23H21FN2O5. The molecule has 0 aliphatic carbocycles. The zero-order chi connectivity index (χ0) is 22.0. The predicted molar refractivity (Wildman–Crippen MR) is 111 cm³/mol. The number of pyridine rings is 1. The molecule has 31 heavy (non-hydrogen) atoms. The Bertz CT molecular complexity index is 1140. The Kier molecular flexibility index (Phi) is 5.81. The maximum absolute atomic E-state index is 13.2. The number of halogens is 1. The zero-order valence-corrected chi connectivity index (χ0v) is 16.9. The van der Waals surface area contributed by atoms with Crippen molar-refractivity contribution in [1.29, 1.82) is 0 Å². The Morgan fingerprint density at radius 1 is 1.13 bits per heavy atom. The molecule has 1 aromatic heterocycles. The van der Waals surface area contributed by atoms with Crippen molar-refractivity contribution in [1.82, 2.24) is 9.88 Å². The number of aromatic hydroxyl groups is 1. The van der Waals surface area contributed by atoms with Gasteiger partial charge >= 0.3 is 5.97 Å². The quantitative estimate of drug-likeness (QED) is 0.648. The maximum atomic E-state index is 13.2. The lowest BCUT2D eigenvalue weighted by Crippen LogP contribution is -2.40. The zero-order valence-electron chi connectivity index (χ0n) is 16.9. The van der Waals surface area contributed by atoms with Gasteiger partial charge in [0.05, 0.1) is 25.9 Å². The first kappa shape index (κ1) is 20.7. The molecule has 3 aromatic rings. The van der Waals surface area contributed by atoms with Gasteiger partial charge in [0.2, 0.25) is 0 Å². The van der Waals surface area contributed by atoms with Gasteiger partial charge in [-0.3, -0.25) is 4.79 Å². The molecule has 1 amide bonds. The van der Waals surface area contributed by atoms with Crippen LogP contribution in [0.2, 0.25) is 0 Å². The van der Waals surface area contributed by atoms with Gasteiger partial charge in [0.25, 0.3) is 5.91 Å². The summed E-state index contributed by atoms with van der Waals surface area (Å²) < 4.78 is 23.3. The number of fused-ring (bicyclic) bond motifs is 1. The number of ether oxygens (including phenoxy) is 2. The third-order valence-electron chi connectivity index (χ3n) is 5.24. The molecule has 0 unspecified atom stereocenters. The highest BCUT2D eigenvalue weighted by Gasteiger charge is 2.26. The van der Waals surface area contributed by atoms with E-state index in [9.17, 15) is 19.1 Å². The molecule has 0 saturated carbocycles. The van der Waals surface area contributed by atoms with E-state index in [2.05, 4.69) is 4.98 Å². The van der Waals surface area contributed by atoms with E-state index in [0.29, 0.717) is 43.8 Å². The number of benzene rings is 2. The Morgan fingerprint density at radius 2 is 1.84 bits per heavy atom. The van der Waals surface area contributed by atoms with Crippen molar-refractivity contribution in [2.45, 2.75) is 6.42 Å². The van der Waals surface area contributed by atoms with Gasteiger partial charge in [-0.25, -0.2) is 14.2 Å². The Labute approximate surface area is 178 Å². The summed E-state index contributed by atoms with van der Waals surface area (Å²) in [6, 6.07) is 10.8. The number of phenols is 1. The first-order valence-corrected chi connectivity index (χ1v) is 9.83. The Balaban J connectivity index is 1.81. The van der Waals surface area contributed by atoms with E-state index in [0.717, 1.165) is 5.56 Å². The minimum absolute atomic E-state index is 0.127. The normalized spacial score (nSPS) is 13.9. The number of phenolic OH excluding ortho intramolecular Hbond substituents is 1. The van der Waals surface area contributed by atoms with Gasteiger partial charge < -0.3 is 19.5 Å². The molecule has 1 saturated heterocycles. The van der Waals surface area contributed by atoms with Gasteiger partial charge in [0.15, 0.2) is 5.75 Å². The first-order chi connectivity index (χ1) is 15.0. The SMILES string of the molecule is COC(=O)c1cc(C(=O)N2CCOCC2)c2ccc(Cc3ccc(F)cc3)nc2c1O. The number of methoxy groups -OCH3 is 1. The molecule has 2 aromatic carbocycles. The molecule has 0 atom stereocenters. The fraction of sp³-hybridized carbons (Fsp3) is 0.261. The van der Waals surface area contributed by atoms with Crippen LogP contribution in [-0.2, 0) is 15.9 Å². The van der Waals surface area contributed by atoms with Crippen LogP contribution in [-0.4, -0.2) is 60.3 Å². The molecule has 0 bridgehead atoms. The number of hydrogen-bond donors (Lipinski definition) is 1. The predicted octanol–water partition coefficient (Wildman–Crippen LogP) is 2.93. The second kappa shape index (κ2) is 8.69. The van der Waals surface area contributed by atoms with Gasteiger partial charge in [-0.2, -0.15) is 0 Å². The molecule has 0 radical (unpaired) electrons. The van der Waals surface area contributed by atoms with Crippen molar-refractivity contribution < 1.29 is 28.6 Å². The third kappa shape index (κ3) is 4.20. The summed E-state index contributed by atoms with van der Waals surface area (Å²) in [4.78, 5) is 31.6. The molecule has 4 rings (SSSR count). The van der Waals surface area contributed by atoms with E-state index < -0.39 is 5.97 Å². The molecule has 0 spiro atoms. The van der Waals surface area contributed by atoms with Crippen molar-refractivity contribution in [3.63, 3.8) is 0 Å². The highest BCUT2D eigenvalue weighted by atomic mass is 19.1. The second-order valence-electron chi connectivity index (χ2n) is 7.22. The van der Waals surface area contributed by atoms with Crippen LogP contribution < -0.4 is 0 Å². The van der Waals surface area contributed by atoms with Gasteiger partial charge in [0.1, 0.15) is 16.9 Å². The number of morpholine rings is 1. The van der Waals surface area contributed by atoms with E-state index in [-0.39, 0.29) is 34.1 Å². The Hall–Kier alpha value is -3.52. The molecule has 2 heterocycles. The van der Waals surface area contributed by atoms with Crippen LogP contribution in [0.5, 0.6) is 5.75 Å². The van der Waals surface area contributed by atoms with Crippen LogP contribution in [0.1, 0.15) is 32.0 Å². The largest absolute Gasteiger partial charge is 0.505 e. The van der Waals surface area contributed by atoms with Crippen molar-refractivity contribution in [2.24, 2.45) is 0 Å². The number of hydrogen-bond acceptors (Lipinski definition) is 6. The summed E-state index contributed by atoms with van der Waals surface area (Å²) >= 11 is 0. The first-order valence-electron chi connectivity index (χ1n) is 9.83. The summed E-state index contributed by atoms with van der Waals surface area (Å²) in [6.07, 6.45) is 0.394. The summed E-state index contributed by atoms with van der Waals surface area (Å²) in [6.45, 7) is 1.74. The van der Waals surface area contributed by atoms with Crippen LogP contribution in [0.25, 0.3) is 10.9 Å². The molecule has 160 valence electrons. The highest BCUT2D eigenvalue weighted by Crippen LogP contribution is 2.32. The average Bonchev–Trinajstić information content (AvgIpc) is 2.81. The van der Waals surface area contributed by atoms with Crippen LogP contribution in [0.3, 0.4) is 0 Å². The summed E-state index contributed by atoms with van der Waals surface area (Å²) in [5, 5.41) is 11.2. The van der Waals surface area contributed by atoms with Crippen molar-refractivity contribution in [3.05, 3.63) is 70.7 Å². The number of carbonyl (C=O) groups is 2. The van der Waals surface area contributed by atoms with Gasteiger partial charge in [-0.15, -0.1) is 0 Å². The Morgan fingerprint density at radius 3 is 2.52 bits per heavy atom. The van der Waals surface area contributed by atoms with Crippen LogP contribution in [0, 0.1) is 5.82 Å². The van der Waals surface area contributed by atoms with E-state index in [1.54, 1.807) is 29.2 Å². The molecule has 7 nitrogen and oxygen atoms in total. The summed E-state index contributed by atoms with van der Waals surface area (Å²) in [7, 11) is 1.20. The number of rotatable bonds is 4. The second-order valence-corrected chi connectivity index (χ2v) is 7.22. The number of carbonyl (C=O) groups excluding carboxylic acids is 2. The average molecular weight is 424 g/mol. The number of aromatic nitrogens is 1. The van der Waals surface area contributed by atoms with E-state index in [1.807, 2.05) is 0 Å². The lowest BCUT2D eigenvalue weighted by Gasteiger charge is -2.27. The molecule has 1 aliphatic heterocycles. The highest BCUT2D eigenvalue weighted by molar-refractivity contribution is 6.11. The van der Waals surface area contributed by atoms with E-state index in [4.69, 9.17) is 9.47 Å². The van der Waals surface area contributed by atoms with Crippen LogP contribution in [0.4, 0.5) is 4.39 Å². The van der Waals surface area contributed by atoms with Crippen molar-refractivity contribution in [2.75, 3.05) is 33.4 Å². The maximum Gasteiger partial charge on any atom is 0.341 e. The van der Waals surface area contributed by atoms with Crippen LogP contribution in [0.15, 0.2) is 42.5 Å². The molecule has 1 N–H and O–H groups in total. The topological polar surface area (TPSA) is 89.0 Å². The lowest BCUT2D eigenvalue weighted by atomic mass is 10.00. The third-order valence-corrected chi connectivity index (χ3v) is 5.24. The van der Waals surface area contributed by atoms with Crippen molar-refractivity contribution >= 4 is 22.8 Å². The molecular weight excluding hydrogens is 403 g/mol. The fourth-order valence-corrected chi connectivity index (χ4v) is 3.60. The van der Waals surface area contributed by atoms with E-state index in [1.165, 1.54) is 25.3 Å². The monoisotopic (exact) mass is 424 g/mol. The minimum atomic E-state index is -0.763. The van der Waals surface area contributed by atoms with Gasteiger partial charge in [-0.1, -0.05) is 18.2 Å². The molecule has 1 fully saturated rings. The minimum Gasteiger partial charge on any atom is -0.505 e. The van der Waals surface area contributed by atoms with E-state index >= 15 is 0 Å². The summed E-state index contributed by atoms with van der Waals surface area (Å²) in [5.41, 5.74) is 1.70. The van der Waals surface area contributed by atoms with Crippen LogP contribution >= 0.6 is 0 Å². The number of nitrogens with zero attached hydrogens (tertiary/aromatic N) is 2. The van der Waals surface area contributed by atoms with Crippen molar-refractivity contribution in [3.8, 4) is 5.75 Å². The summed E-state index contributed by atoms with van der Waals surface area (Å²) in [5.74, 6) is -1.71. The fourth-order valence-electron chi connectivity index (χ4n) is 3.60. The van der Waals surface area contributed by atoms with Gasteiger partial charge in [-0.05, 0) is 29.8 Å². The molecule has 1 aliphatic rings. The van der Waals surface area contributed by atoms with Gasteiger partial charge in [0, 0.05) is 30.6 Å². The lowest BCUT2D eigenvalue weighted by molar-refractivity contribution is 0.0304. The smallest absolute Gasteiger partial charge is 0.341 e. The molecule has 8 heteroatoms. The number of esters is 1. The number of amides is 1. The standard InChI is InChI=1S/C23H21FN2O5/c1-30-23(29)19-13-18(22(28)26-8-10-31-11-9-26)17-7-6-16(25-20(17)21(19)27)12-14-2-4-15(24)5-3-14/h2-7,13,27H,8-12H2,1H3.